The Morgan fingerprint density at radius 2 is 2.03 bits per heavy atom. The number of hydrogen-bond donors (Lipinski definition) is 2. The van der Waals surface area contributed by atoms with Crippen molar-refractivity contribution >= 4 is 5.95 Å². The van der Waals surface area contributed by atoms with Crippen molar-refractivity contribution in [1.82, 2.24) is 29.5 Å². The van der Waals surface area contributed by atoms with Gasteiger partial charge in [0.25, 0.3) is 5.56 Å². The van der Waals surface area contributed by atoms with Gasteiger partial charge in [-0.15, -0.1) is 0 Å². The molecule has 30 heavy (non-hydrogen) atoms. The molecule has 0 aliphatic carbocycles. The number of anilines is 1. The topological polar surface area (TPSA) is 111 Å². The van der Waals surface area contributed by atoms with Crippen LogP contribution in [-0.2, 0) is 0 Å². The summed E-state index contributed by atoms with van der Waals surface area (Å²) < 4.78 is 7.83. The van der Waals surface area contributed by atoms with E-state index in [9.17, 15) is 4.79 Å². The van der Waals surface area contributed by atoms with E-state index in [-0.39, 0.29) is 5.56 Å². The SMILES string of the molecule is CCNc1ncc(-c2ccc(Oc3ccnc(-n4cnc(C)c4)c3)c(C)n2)c(=O)[nH]1. The molecule has 4 rings (SSSR count). The van der Waals surface area contributed by atoms with E-state index >= 15 is 0 Å². The van der Waals surface area contributed by atoms with Gasteiger partial charge in [-0.3, -0.25) is 14.3 Å². The molecule has 4 aromatic rings. The van der Waals surface area contributed by atoms with Gasteiger partial charge >= 0.3 is 0 Å². The van der Waals surface area contributed by atoms with Crippen LogP contribution in [0.15, 0.2) is 54.0 Å². The molecule has 0 aliphatic heterocycles. The van der Waals surface area contributed by atoms with Gasteiger partial charge in [0.15, 0.2) is 0 Å². The van der Waals surface area contributed by atoms with Crippen LogP contribution in [0.5, 0.6) is 11.5 Å². The normalized spacial score (nSPS) is 10.8. The Morgan fingerprint density at radius 1 is 1.17 bits per heavy atom. The molecule has 0 atom stereocenters. The summed E-state index contributed by atoms with van der Waals surface area (Å²) in [5.74, 6) is 2.35. The van der Waals surface area contributed by atoms with E-state index in [2.05, 4.69) is 30.2 Å². The summed E-state index contributed by atoms with van der Waals surface area (Å²) in [5, 5.41) is 2.97. The first-order valence-corrected chi connectivity index (χ1v) is 9.49. The first-order valence-electron chi connectivity index (χ1n) is 9.49. The number of aromatic amines is 1. The summed E-state index contributed by atoms with van der Waals surface area (Å²) in [4.78, 5) is 32.4. The Labute approximate surface area is 172 Å². The van der Waals surface area contributed by atoms with Crippen molar-refractivity contribution in [3.63, 3.8) is 0 Å². The molecule has 0 bridgehead atoms. The fourth-order valence-electron chi connectivity index (χ4n) is 2.92. The number of H-pyrrole nitrogens is 1. The van der Waals surface area contributed by atoms with Crippen molar-refractivity contribution in [1.29, 1.82) is 0 Å². The Kier molecular flexibility index (Phi) is 5.25. The Morgan fingerprint density at radius 3 is 2.73 bits per heavy atom. The zero-order chi connectivity index (χ0) is 21.1. The minimum Gasteiger partial charge on any atom is -0.455 e. The molecule has 0 aliphatic rings. The first-order chi connectivity index (χ1) is 14.5. The summed E-state index contributed by atoms with van der Waals surface area (Å²) in [6, 6.07) is 7.12. The molecule has 152 valence electrons. The van der Waals surface area contributed by atoms with E-state index < -0.39 is 0 Å². The molecule has 0 amide bonds. The molecular weight excluding hydrogens is 382 g/mol. The van der Waals surface area contributed by atoms with Crippen LogP contribution < -0.4 is 15.6 Å². The number of hydrogen-bond acceptors (Lipinski definition) is 7. The maximum absolute atomic E-state index is 12.4. The molecule has 0 radical (unpaired) electrons. The standard InChI is InChI=1S/C21H21N7O2/c1-4-22-21-24-10-16(20(29)27-21)17-5-6-18(14(3)26-17)30-15-7-8-23-19(9-15)28-11-13(2)25-12-28/h5-12H,4H2,1-3H3,(H2,22,24,27,29). The van der Waals surface area contributed by atoms with Crippen molar-refractivity contribution in [3.05, 3.63) is 70.9 Å². The minimum absolute atomic E-state index is 0.254. The smallest absolute Gasteiger partial charge is 0.261 e. The lowest BCUT2D eigenvalue weighted by atomic mass is 10.2. The molecule has 0 saturated carbocycles. The number of imidazole rings is 1. The number of nitrogens with zero attached hydrogens (tertiary/aromatic N) is 5. The lowest BCUT2D eigenvalue weighted by Crippen LogP contribution is -2.14. The van der Waals surface area contributed by atoms with Crippen molar-refractivity contribution in [3.8, 4) is 28.6 Å². The number of nitrogens with one attached hydrogen (secondary N) is 2. The number of ether oxygens (including phenoxy) is 1. The van der Waals surface area contributed by atoms with Gasteiger partial charge in [-0.25, -0.2) is 19.9 Å². The van der Waals surface area contributed by atoms with Crippen molar-refractivity contribution in [2.24, 2.45) is 0 Å². The lowest BCUT2D eigenvalue weighted by molar-refractivity contribution is 0.475. The minimum atomic E-state index is -0.254. The highest BCUT2D eigenvalue weighted by Gasteiger charge is 2.11. The van der Waals surface area contributed by atoms with Crippen molar-refractivity contribution < 1.29 is 4.74 Å². The summed E-state index contributed by atoms with van der Waals surface area (Å²) in [5.41, 5.74) is 2.23. The molecule has 0 unspecified atom stereocenters. The molecule has 2 N–H and O–H groups in total. The van der Waals surface area contributed by atoms with E-state index in [4.69, 9.17) is 4.74 Å². The van der Waals surface area contributed by atoms with Crippen LogP contribution in [0, 0.1) is 13.8 Å². The summed E-state index contributed by atoms with van der Waals surface area (Å²) in [6.07, 6.45) is 6.78. The number of rotatable bonds is 6. The van der Waals surface area contributed by atoms with Crippen LogP contribution in [0.25, 0.3) is 17.1 Å². The fraction of sp³-hybridized carbons (Fsp3) is 0.190. The van der Waals surface area contributed by atoms with Gasteiger partial charge in [-0.2, -0.15) is 0 Å². The summed E-state index contributed by atoms with van der Waals surface area (Å²) >= 11 is 0. The Balaban J connectivity index is 1.58. The van der Waals surface area contributed by atoms with Gasteiger partial charge < -0.3 is 10.1 Å². The Hall–Kier alpha value is -4.01. The quantitative estimate of drug-likeness (QED) is 0.508. The highest BCUT2D eigenvalue weighted by Crippen LogP contribution is 2.27. The molecule has 4 heterocycles. The van der Waals surface area contributed by atoms with E-state index in [1.807, 2.05) is 37.6 Å². The third-order valence-corrected chi connectivity index (χ3v) is 4.38. The maximum Gasteiger partial charge on any atom is 0.261 e. The first kappa shape index (κ1) is 19.3. The second-order valence-electron chi connectivity index (χ2n) is 6.66. The third kappa shape index (κ3) is 4.04. The van der Waals surface area contributed by atoms with Crippen LogP contribution in [-0.4, -0.2) is 36.0 Å². The molecule has 0 spiro atoms. The Bertz CT molecular complexity index is 1250. The van der Waals surface area contributed by atoms with Crippen LogP contribution in [0.3, 0.4) is 0 Å². The van der Waals surface area contributed by atoms with Gasteiger partial charge in [0.1, 0.15) is 23.6 Å². The van der Waals surface area contributed by atoms with Crippen molar-refractivity contribution in [2.45, 2.75) is 20.8 Å². The predicted octanol–water partition coefficient (Wildman–Crippen LogP) is 3.25. The number of aryl methyl sites for hydroxylation is 2. The molecule has 0 aromatic carbocycles. The van der Waals surface area contributed by atoms with E-state index in [0.29, 0.717) is 46.8 Å². The molecule has 0 saturated heterocycles. The van der Waals surface area contributed by atoms with Crippen LogP contribution in [0.4, 0.5) is 5.95 Å². The van der Waals surface area contributed by atoms with Gasteiger partial charge in [0.2, 0.25) is 5.95 Å². The zero-order valence-corrected chi connectivity index (χ0v) is 16.9. The maximum atomic E-state index is 12.4. The van der Waals surface area contributed by atoms with Gasteiger partial charge in [0, 0.05) is 31.2 Å². The average molecular weight is 403 g/mol. The number of pyridine rings is 2. The zero-order valence-electron chi connectivity index (χ0n) is 16.9. The molecule has 9 nitrogen and oxygen atoms in total. The van der Waals surface area contributed by atoms with Crippen LogP contribution in [0.1, 0.15) is 18.3 Å². The van der Waals surface area contributed by atoms with Gasteiger partial charge in [-0.05, 0) is 39.0 Å². The van der Waals surface area contributed by atoms with E-state index in [1.165, 1.54) is 6.20 Å². The highest BCUT2D eigenvalue weighted by atomic mass is 16.5. The number of aromatic nitrogens is 6. The molecule has 0 fully saturated rings. The summed E-state index contributed by atoms with van der Waals surface area (Å²) in [7, 11) is 0. The molecular formula is C21H21N7O2. The largest absolute Gasteiger partial charge is 0.455 e. The molecule has 9 heteroatoms. The summed E-state index contributed by atoms with van der Waals surface area (Å²) in [6.45, 7) is 6.35. The van der Waals surface area contributed by atoms with E-state index in [0.717, 1.165) is 5.69 Å². The average Bonchev–Trinajstić information content (AvgIpc) is 3.17. The second-order valence-corrected chi connectivity index (χ2v) is 6.66. The van der Waals surface area contributed by atoms with Crippen LogP contribution in [0.2, 0.25) is 0 Å². The monoisotopic (exact) mass is 403 g/mol. The predicted molar refractivity (Wildman–Crippen MR) is 113 cm³/mol. The van der Waals surface area contributed by atoms with Gasteiger partial charge in [-0.1, -0.05) is 0 Å². The lowest BCUT2D eigenvalue weighted by Gasteiger charge is -2.11. The fourth-order valence-corrected chi connectivity index (χ4v) is 2.92. The highest BCUT2D eigenvalue weighted by molar-refractivity contribution is 5.59. The van der Waals surface area contributed by atoms with E-state index in [1.54, 1.807) is 30.7 Å². The van der Waals surface area contributed by atoms with Crippen LogP contribution >= 0.6 is 0 Å². The second kappa shape index (κ2) is 8.16. The van der Waals surface area contributed by atoms with Crippen molar-refractivity contribution in [2.75, 3.05) is 11.9 Å². The molecule has 4 aromatic heterocycles. The third-order valence-electron chi connectivity index (χ3n) is 4.38. The van der Waals surface area contributed by atoms with Gasteiger partial charge in [0.05, 0.1) is 22.6 Å².